The van der Waals surface area contributed by atoms with E-state index in [9.17, 15) is 8.60 Å². The molecule has 2 aromatic heterocycles. The first kappa shape index (κ1) is 23.2. The van der Waals surface area contributed by atoms with Gasteiger partial charge in [-0.15, -0.1) is 0 Å². The Bertz CT molecular complexity index is 1370. The Balaban J connectivity index is 1.82. The van der Waals surface area contributed by atoms with Gasteiger partial charge >= 0.3 is 0 Å². The number of aliphatic imine (C=N–C) groups is 1. The molecule has 3 heterocycles. The number of benzene rings is 1. The predicted octanol–water partition coefficient (Wildman–Crippen LogP) is 4.00. The Labute approximate surface area is 194 Å². The Morgan fingerprint density at radius 2 is 1.97 bits per heavy atom. The van der Waals surface area contributed by atoms with Crippen molar-refractivity contribution in [2.75, 3.05) is 19.5 Å². The van der Waals surface area contributed by atoms with E-state index in [0.29, 0.717) is 16.3 Å². The lowest BCUT2D eigenvalue weighted by atomic mass is 9.90. The molecule has 2 atom stereocenters. The van der Waals surface area contributed by atoms with Crippen molar-refractivity contribution in [3.05, 3.63) is 53.1 Å². The molecule has 2 N–H and O–H groups in total. The summed E-state index contributed by atoms with van der Waals surface area (Å²) < 4.78 is 51.4. The molecule has 1 unspecified atom stereocenters. The average molecular weight is 495 g/mol. The van der Waals surface area contributed by atoms with E-state index in [2.05, 4.69) is 24.5 Å². The fourth-order valence-electron chi connectivity index (χ4n) is 3.63. The van der Waals surface area contributed by atoms with E-state index in [4.69, 9.17) is 21.9 Å². The van der Waals surface area contributed by atoms with Crippen molar-refractivity contribution in [2.24, 2.45) is 15.1 Å². The second kappa shape index (κ2) is 8.14. The first-order valence-electron chi connectivity index (χ1n) is 9.84. The maximum atomic E-state index is 15.0. The molecule has 1 aromatic carbocycles. The highest BCUT2D eigenvalue weighted by atomic mass is 35.5. The van der Waals surface area contributed by atoms with Crippen LogP contribution in [0.3, 0.4) is 0 Å². The molecule has 33 heavy (non-hydrogen) atoms. The molecular formula is C21H21ClF2N6O2S. The van der Waals surface area contributed by atoms with E-state index in [1.54, 1.807) is 19.9 Å². The summed E-state index contributed by atoms with van der Waals surface area (Å²) in [5.74, 6) is -0.526. The van der Waals surface area contributed by atoms with E-state index in [1.807, 2.05) is 0 Å². The van der Waals surface area contributed by atoms with Crippen molar-refractivity contribution in [3.8, 4) is 22.8 Å². The molecule has 1 aliphatic heterocycles. The molecule has 3 aromatic rings. The summed E-state index contributed by atoms with van der Waals surface area (Å²) in [6.07, 6.45) is 2.84. The SMILES string of the molecule is CN=S1(=O)C[C@](CF)(c2cc(-c3cc(-c4ncc(Cl)cn4)no3)ccc2F)N=C(N)C1(C)C. The lowest BCUT2D eigenvalue weighted by molar-refractivity contribution is 0.326. The molecule has 0 aliphatic carbocycles. The highest BCUT2D eigenvalue weighted by Gasteiger charge is 2.50. The summed E-state index contributed by atoms with van der Waals surface area (Å²) in [4.78, 5) is 12.5. The minimum atomic E-state index is -3.05. The van der Waals surface area contributed by atoms with Crippen molar-refractivity contribution >= 4 is 27.2 Å². The Hall–Kier alpha value is -2.92. The number of hydrogen-bond acceptors (Lipinski definition) is 8. The fourth-order valence-corrected chi connectivity index (χ4v) is 5.99. The number of alkyl halides is 1. The number of hydrogen-bond donors (Lipinski definition) is 1. The minimum absolute atomic E-state index is 0.0476. The van der Waals surface area contributed by atoms with Crippen LogP contribution in [-0.2, 0) is 15.3 Å². The number of amidine groups is 1. The standard InChI is InChI=1S/C21H21ClF2N6O2S/c1-20(2)19(25)29-21(10-23,11-33(20,31)26-3)14-6-12(4-5-15(14)24)17-7-16(30-32-17)18-27-8-13(22)9-28-18/h4-9H,10-11H2,1-3H3,(H2,25,29)/t21-,33?/m1/s1. The largest absolute Gasteiger partial charge is 0.386 e. The van der Waals surface area contributed by atoms with Crippen molar-refractivity contribution in [1.29, 1.82) is 0 Å². The van der Waals surface area contributed by atoms with Gasteiger partial charge in [-0.1, -0.05) is 16.8 Å². The third-order valence-electron chi connectivity index (χ3n) is 5.81. The summed E-state index contributed by atoms with van der Waals surface area (Å²) in [6, 6.07) is 5.58. The topological polar surface area (TPSA) is 120 Å². The van der Waals surface area contributed by atoms with E-state index in [-0.39, 0.29) is 28.7 Å². The molecule has 8 nitrogen and oxygen atoms in total. The Kier molecular flexibility index (Phi) is 5.73. The Morgan fingerprint density at radius 1 is 1.27 bits per heavy atom. The molecule has 0 bridgehead atoms. The quantitative estimate of drug-likeness (QED) is 0.585. The fraction of sp³-hybridized carbons (Fsp3) is 0.333. The van der Waals surface area contributed by atoms with Gasteiger partial charge < -0.3 is 10.3 Å². The van der Waals surface area contributed by atoms with E-state index >= 15 is 4.39 Å². The summed E-state index contributed by atoms with van der Waals surface area (Å²) in [6.45, 7) is 2.15. The normalized spacial score (nSPS) is 24.4. The van der Waals surface area contributed by atoms with E-state index in [0.717, 1.165) is 0 Å². The van der Waals surface area contributed by atoms with Crippen LogP contribution in [0.5, 0.6) is 0 Å². The zero-order valence-corrected chi connectivity index (χ0v) is 19.6. The van der Waals surface area contributed by atoms with Gasteiger partial charge in [-0.3, -0.25) is 4.99 Å². The minimum Gasteiger partial charge on any atom is -0.386 e. The van der Waals surface area contributed by atoms with Gasteiger partial charge in [-0.25, -0.2) is 27.3 Å². The second-order valence-electron chi connectivity index (χ2n) is 8.14. The van der Waals surface area contributed by atoms with E-state index in [1.165, 1.54) is 37.6 Å². The van der Waals surface area contributed by atoms with Crippen LogP contribution in [0.15, 0.2) is 50.5 Å². The van der Waals surface area contributed by atoms with E-state index < -0.39 is 32.5 Å². The van der Waals surface area contributed by atoms with Crippen LogP contribution < -0.4 is 5.73 Å². The molecule has 1 aliphatic rings. The number of nitrogens with two attached hydrogens (primary N) is 1. The summed E-state index contributed by atoms with van der Waals surface area (Å²) in [7, 11) is -1.67. The third kappa shape index (κ3) is 3.78. The van der Waals surface area contributed by atoms with Gasteiger partial charge in [0.15, 0.2) is 17.3 Å². The summed E-state index contributed by atoms with van der Waals surface area (Å²) >= 11 is 5.81. The molecule has 0 amide bonds. The Morgan fingerprint density at radius 3 is 2.61 bits per heavy atom. The predicted molar refractivity (Wildman–Crippen MR) is 123 cm³/mol. The van der Waals surface area contributed by atoms with Crippen LogP contribution >= 0.6 is 11.6 Å². The number of nitrogens with zero attached hydrogens (tertiary/aromatic N) is 5. The highest BCUT2D eigenvalue weighted by Crippen LogP contribution is 2.41. The van der Waals surface area contributed by atoms with Crippen LogP contribution in [0.25, 0.3) is 22.8 Å². The lowest BCUT2D eigenvalue weighted by Crippen LogP contribution is -2.56. The van der Waals surface area contributed by atoms with Gasteiger partial charge in [0.1, 0.15) is 28.6 Å². The molecule has 0 fully saturated rings. The zero-order chi connectivity index (χ0) is 24.0. The maximum absolute atomic E-state index is 15.0. The molecule has 0 saturated carbocycles. The molecule has 0 saturated heterocycles. The zero-order valence-electron chi connectivity index (χ0n) is 18.1. The van der Waals surface area contributed by atoms with Crippen LogP contribution in [-0.4, -0.2) is 49.4 Å². The number of aromatic nitrogens is 3. The number of rotatable bonds is 4. The van der Waals surface area contributed by atoms with Crippen molar-refractivity contribution in [3.63, 3.8) is 0 Å². The van der Waals surface area contributed by atoms with Crippen LogP contribution in [0, 0.1) is 5.82 Å². The van der Waals surface area contributed by atoms with Crippen molar-refractivity contribution in [2.45, 2.75) is 24.1 Å². The van der Waals surface area contributed by atoms with Gasteiger partial charge in [0.2, 0.25) is 0 Å². The third-order valence-corrected chi connectivity index (χ3v) is 9.27. The molecule has 0 spiro atoms. The van der Waals surface area contributed by atoms with Crippen LogP contribution in [0.1, 0.15) is 19.4 Å². The van der Waals surface area contributed by atoms with Crippen molar-refractivity contribution in [1.82, 2.24) is 15.1 Å². The highest BCUT2D eigenvalue weighted by molar-refractivity contribution is 7.95. The maximum Gasteiger partial charge on any atom is 0.181 e. The van der Waals surface area contributed by atoms with Gasteiger partial charge in [0.25, 0.3) is 0 Å². The van der Waals surface area contributed by atoms with Gasteiger partial charge in [0.05, 0.1) is 20.5 Å². The van der Waals surface area contributed by atoms with Gasteiger partial charge in [-0.05, 0) is 32.0 Å². The van der Waals surface area contributed by atoms with Gasteiger partial charge in [-0.2, -0.15) is 0 Å². The number of halogens is 3. The first-order valence-corrected chi connectivity index (χ1v) is 11.9. The monoisotopic (exact) mass is 494 g/mol. The molecule has 4 rings (SSSR count). The molecule has 12 heteroatoms. The smallest absolute Gasteiger partial charge is 0.181 e. The van der Waals surface area contributed by atoms with Crippen LogP contribution in [0.4, 0.5) is 8.78 Å². The molecule has 174 valence electrons. The van der Waals surface area contributed by atoms with Gasteiger partial charge in [0, 0.05) is 36.6 Å². The summed E-state index contributed by atoms with van der Waals surface area (Å²) in [5, 5.41) is 4.31. The average Bonchev–Trinajstić information content (AvgIpc) is 3.28. The molecular weight excluding hydrogens is 474 g/mol. The second-order valence-corrected chi connectivity index (χ2v) is 11.5. The van der Waals surface area contributed by atoms with Crippen LogP contribution in [0.2, 0.25) is 5.02 Å². The lowest BCUT2D eigenvalue weighted by Gasteiger charge is -2.41. The first-order chi connectivity index (χ1) is 15.5. The summed E-state index contributed by atoms with van der Waals surface area (Å²) in [5.41, 5.74) is 4.95. The van der Waals surface area contributed by atoms with Crippen molar-refractivity contribution < 1.29 is 17.5 Å². The molecule has 0 radical (unpaired) electrons.